The van der Waals surface area contributed by atoms with Crippen molar-refractivity contribution in [3.05, 3.63) is 108 Å². The summed E-state index contributed by atoms with van der Waals surface area (Å²) in [5.74, 6) is 0. The van der Waals surface area contributed by atoms with Gasteiger partial charge in [-0.25, -0.2) is 0 Å². The Hall–Kier alpha value is -4.38. The van der Waals surface area contributed by atoms with Gasteiger partial charge in [0.2, 0.25) is 0 Å². The van der Waals surface area contributed by atoms with Gasteiger partial charge in [0.05, 0.1) is 23.8 Å². The van der Waals surface area contributed by atoms with E-state index in [0.717, 1.165) is 29.0 Å². The molecule has 1 heterocycles. The van der Waals surface area contributed by atoms with Crippen LogP contribution in [0.4, 0.5) is 11.4 Å². The molecule has 0 aliphatic carbocycles. The number of benzene rings is 4. The molecule has 0 spiro atoms. The molecular formula is C40H49N5. The van der Waals surface area contributed by atoms with Gasteiger partial charge < -0.3 is 4.57 Å². The molecule has 5 rings (SSSR count). The van der Waals surface area contributed by atoms with Crippen LogP contribution in [0, 0.1) is 0 Å². The zero-order valence-corrected chi connectivity index (χ0v) is 27.4. The number of hydrazone groups is 2. The number of para-hydroxylation sites is 2. The Morgan fingerprint density at radius 2 is 0.956 bits per heavy atom. The molecule has 0 aliphatic heterocycles. The van der Waals surface area contributed by atoms with Crippen LogP contribution in [0.15, 0.2) is 107 Å². The van der Waals surface area contributed by atoms with Crippen molar-refractivity contribution in [1.29, 1.82) is 0 Å². The Bertz CT molecular complexity index is 1560. The van der Waals surface area contributed by atoms with E-state index in [1.54, 1.807) is 0 Å². The summed E-state index contributed by atoms with van der Waals surface area (Å²) >= 11 is 0. The Labute approximate surface area is 269 Å². The molecule has 0 unspecified atom stereocenters. The summed E-state index contributed by atoms with van der Waals surface area (Å²) in [5.41, 5.74) is 6.87. The lowest BCUT2D eigenvalue weighted by Crippen LogP contribution is -2.08. The Morgan fingerprint density at radius 3 is 1.40 bits per heavy atom. The topological polar surface area (TPSA) is 36.1 Å². The summed E-state index contributed by atoms with van der Waals surface area (Å²) in [4.78, 5) is 0. The van der Waals surface area contributed by atoms with Crippen molar-refractivity contribution in [3.8, 4) is 0 Å². The first-order valence-corrected chi connectivity index (χ1v) is 16.9. The van der Waals surface area contributed by atoms with E-state index < -0.39 is 0 Å². The minimum Gasteiger partial charge on any atom is -0.340 e. The fourth-order valence-electron chi connectivity index (χ4n) is 6.03. The van der Waals surface area contributed by atoms with Crippen molar-refractivity contribution in [2.75, 3.05) is 24.1 Å². The summed E-state index contributed by atoms with van der Waals surface area (Å²) in [6.45, 7) is 3.32. The third-order valence-corrected chi connectivity index (χ3v) is 8.67. The van der Waals surface area contributed by atoms with E-state index in [2.05, 4.69) is 72.2 Å². The van der Waals surface area contributed by atoms with Crippen molar-refractivity contribution < 1.29 is 0 Å². The second kappa shape index (κ2) is 16.6. The van der Waals surface area contributed by atoms with Gasteiger partial charge in [-0.2, -0.15) is 10.2 Å². The van der Waals surface area contributed by atoms with Crippen molar-refractivity contribution in [3.63, 3.8) is 0 Å². The molecule has 5 aromatic rings. The molecule has 234 valence electrons. The number of anilines is 2. The van der Waals surface area contributed by atoms with Crippen LogP contribution in [0.2, 0.25) is 0 Å². The van der Waals surface area contributed by atoms with Gasteiger partial charge in [-0.3, -0.25) is 10.0 Å². The smallest absolute Gasteiger partial charge is 0.0590 e. The van der Waals surface area contributed by atoms with E-state index in [-0.39, 0.29) is 0 Å². The number of rotatable bonds is 17. The van der Waals surface area contributed by atoms with Crippen LogP contribution in [0.3, 0.4) is 0 Å². The minimum absolute atomic E-state index is 1.03. The molecule has 0 N–H and O–H groups in total. The Balaban J connectivity index is 1.35. The quantitative estimate of drug-likeness (QED) is 0.0605. The van der Waals surface area contributed by atoms with E-state index >= 15 is 0 Å². The number of aromatic nitrogens is 1. The van der Waals surface area contributed by atoms with Crippen LogP contribution in [0.1, 0.15) is 82.3 Å². The highest BCUT2D eigenvalue weighted by atomic mass is 15.4. The molecule has 0 aliphatic rings. The molecule has 0 radical (unpaired) electrons. The van der Waals surface area contributed by atoms with Crippen LogP contribution in [0.5, 0.6) is 0 Å². The molecule has 5 heteroatoms. The summed E-state index contributed by atoms with van der Waals surface area (Å²) in [6.07, 6.45) is 17.4. The molecule has 0 saturated carbocycles. The van der Waals surface area contributed by atoms with E-state index in [9.17, 15) is 0 Å². The summed E-state index contributed by atoms with van der Waals surface area (Å²) in [5, 5.41) is 15.8. The average Bonchev–Trinajstić information content (AvgIpc) is 3.39. The maximum Gasteiger partial charge on any atom is 0.0590 e. The summed E-state index contributed by atoms with van der Waals surface area (Å²) < 4.78 is 2.52. The molecule has 45 heavy (non-hydrogen) atoms. The highest BCUT2D eigenvalue weighted by molar-refractivity contribution is 6.11. The van der Waals surface area contributed by atoms with E-state index in [1.165, 1.54) is 86.0 Å². The molecule has 0 bridgehead atoms. The fourth-order valence-corrected chi connectivity index (χ4v) is 6.03. The number of nitrogens with zero attached hydrogens (tertiary/aromatic N) is 5. The second-order valence-corrected chi connectivity index (χ2v) is 12.1. The van der Waals surface area contributed by atoms with Crippen molar-refractivity contribution in [2.45, 2.75) is 77.7 Å². The first kappa shape index (κ1) is 32.0. The lowest BCUT2D eigenvalue weighted by atomic mass is 10.1. The number of hydrogen-bond acceptors (Lipinski definition) is 4. The Morgan fingerprint density at radius 1 is 0.533 bits per heavy atom. The summed E-state index contributed by atoms with van der Waals surface area (Å²) in [6, 6.07) is 34.0. The zero-order valence-electron chi connectivity index (χ0n) is 27.4. The van der Waals surface area contributed by atoms with Crippen molar-refractivity contribution in [2.24, 2.45) is 10.2 Å². The van der Waals surface area contributed by atoms with Gasteiger partial charge in [0, 0.05) is 42.4 Å². The SMILES string of the molecule is CCCCCCCCCCCCn1c2ccc(/C=N/N(C)c3ccccc3)cc2c2cc(/C=N/N(C)c3ccccc3)ccc21. The standard InChI is InChI=1S/C40H49N5/c1-4-5-6-7-8-9-10-11-12-19-28-45-39-26-24-33(31-41-43(2)35-20-15-13-16-21-35)29-37(39)38-30-34(25-27-40(38)45)32-42-44(3)36-22-17-14-18-23-36/h13-18,20-27,29-32H,4-12,19,28H2,1-3H3/b41-31+,42-32+. The van der Waals surface area contributed by atoms with E-state index in [1.807, 2.05) is 72.9 Å². The lowest BCUT2D eigenvalue weighted by Gasteiger charge is -2.12. The lowest BCUT2D eigenvalue weighted by molar-refractivity contribution is 0.541. The van der Waals surface area contributed by atoms with Crippen molar-refractivity contribution in [1.82, 2.24) is 4.57 Å². The summed E-state index contributed by atoms with van der Waals surface area (Å²) in [7, 11) is 3.97. The average molecular weight is 600 g/mol. The number of unbranched alkanes of at least 4 members (excludes halogenated alkanes) is 9. The van der Waals surface area contributed by atoms with Gasteiger partial charge in [0.1, 0.15) is 0 Å². The predicted molar refractivity (Wildman–Crippen MR) is 196 cm³/mol. The third-order valence-electron chi connectivity index (χ3n) is 8.67. The number of aryl methyl sites for hydroxylation is 1. The first-order chi connectivity index (χ1) is 22.1. The molecular weight excluding hydrogens is 550 g/mol. The van der Waals surface area contributed by atoms with Gasteiger partial charge in [0.25, 0.3) is 0 Å². The number of fused-ring (bicyclic) bond motifs is 3. The minimum atomic E-state index is 1.03. The highest BCUT2D eigenvalue weighted by Gasteiger charge is 2.12. The van der Waals surface area contributed by atoms with Gasteiger partial charge in [-0.15, -0.1) is 0 Å². The van der Waals surface area contributed by atoms with Crippen LogP contribution in [-0.2, 0) is 6.54 Å². The second-order valence-electron chi connectivity index (χ2n) is 12.1. The van der Waals surface area contributed by atoms with Crippen LogP contribution >= 0.6 is 0 Å². The maximum absolute atomic E-state index is 4.73. The van der Waals surface area contributed by atoms with Crippen molar-refractivity contribution >= 4 is 45.6 Å². The van der Waals surface area contributed by atoms with E-state index in [4.69, 9.17) is 10.2 Å². The molecule has 0 amide bonds. The molecule has 5 nitrogen and oxygen atoms in total. The monoisotopic (exact) mass is 599 g/mol. The van der Waals surface area contributed by atoms with Gasteiger partial charge in [-0.1, -0.05) is 113 Å². The number of hydrogen-bond donors (Lipinski definition) is 0. The van der Waals surface area contributed by atoms with Crippen LogP contribution in [0.25, 0.3) is 21.8 Å². The van der Waals surface area contributed by atoms with Gasteiger partial charge in [0.15, 0.2) is 0 Å². The fraction of sp³-hybridized carbons (Fsp3) is 0.350. The zero-order chi connectivity index (χ0) is 31.3. The normalized spacial score (nSPS) is 11.8. The molecule has 1 aromatic heterocycles. The first-order valence-electron chi connectivity index (χ1n) is 16.9. The van der Waals surface area contributed by atoms with Crippen LogP contribution in [-0.4, -0.2) is 31.1 Å². The third kappa shape index (κ3) is 8.85. The maximum atomic E-state index is 4.73. The largest absolute Gasteiger partial charge is 0.340 e. The van der Waals surface area contributed by atoms with Gasteiger partial charge in [-0.05, 0) is 66.1 Å². The highest BCUT2D eigenvalue weighted by Crippen LogP contribution is 2.31. The predicted octanol–water partition coefficient (Wildman–Crippen LogP) is 10.7. The van der Waals surface area contributed by atoms with E-state index in [0.29, 0.717) is 0 Å². The van der Waals surface area contributed by atoms with Crippen LogP contribution < -0.4 is 10.0 Å². The molecule has 0 atom stereocenters. The molecule has 0 fully saturated rings. The van der Waals surface area contributed by atoms with Gasteiger partial charge >= 0.3 is 0 Å². The molecule has 0 saturated heterocycles. The Kier molecular flexibility index (Phi) is 11.8. The molecule has 4 aromatic carbocycles.